The van der Waals surface area contributed by atoms with E-state index >= 15 is 0 Å². The standard InChI is InChI=1S/C69H102O12/c1-4-7-10-13-16-19-22-25-28-30-31-33-35-37-40-43-46-49-52-55-61(70)77-58-60(79-62(71)56-53-50-47-44-41-39-36-32-29-26-23-20-17-14-11-8-5-2)59-78-69-67(65(74)64(73)66(81-69)68(75)76)80-63(72)57-54-51-48-45-42-38-34-27-24-21-18-15-12-9-6-3/h7-12,16-21,25-29,31,33-34,36-37,39-40,42,45-46,49,60,64-67,69,73-74H,4-6,13-15,22-24,30,32,35,38,41,43-44,47-48,50-59H2,1-3H3,(H,75,76)/b10-7-,11-8-,12-9-,19-16-,20-17-,21-18-,28-25-,29-26-,33-31-,34-27-,39-36-,40-37-,45-42-,49-46-. The summed E-state index contributed by atoms with van der Waals surface area (Å²) < 4.78 is 28.3. The maximum atomic E-state index is 13.2. The van der Waals surface area contributed by atoms with E-state index in [0.717, 1.165) is 116 Å². The smallest absolute Gasteiger partial charge is 0.335 e. The van der Waals surface area contributed by atoms with Gasteiger partial charge in [-0.3, -0.25) is 14.4 Å². The first-order chi connectivity index (χ1) is 39.6. The van der Waals surface area contributed by atoms with E-state index in [4.69, 9.17) is 23.7 Å². The number of carboxylic acids is 1. The molecule has 0 bridgehead atoms. The van der Waals surface area contributed by atoms with E-state index in [1.54, 1.807) is 0 Å². The van der Waals surface area contributed by atoms with Gasteiger partial charge < -0.3 is 39.0 Å². The lowest BCUT2D eigenvalue weighted by molar-refractivity contribution is -0.301. The maximum absolute atomic E-state index is 13.2. The van der Waals surface area contributed by atoms with Gasteiger partial charge in [0.25, 0.3) is 0 Å². The predicted octanol–water partition coefficient (Wildman–Crippen LogP) is 15.9. The third kappa shape index (κ3) is 44.4. The van der Waals surface area contributed by atoms with Crippen LogP contribution in [0.1, 0.15) is 188 Å². The van der Waals surface area contributed by atoms with Gasteiger partial charge in [-0.1, -0.05) is 204 Å². The number of carbonyl (C=O) groups is 4. The third-order valence-corrected chi connectivity index (χ3v) is 12.3. The van der Waals surface area contributed by atoms with Gasteiger partial charge in [-0.2, -0.15) is 0 Å². The van der Waals surface area contributed by atoms with Crippen molar-refractivity contribution in [1.82, 2.24) is 0 Å². The number of rotatable bonds is 48. The number of aliphatic carboxylic acids is 1. The van der Waals surface area contributed by atoms with Gasteiger partial charge in [-0.05, 0) is 135 Å². The highest BCUT2D eigenvalue weighted by Crippen LogP contribution is 2.26. The molecule has 3 N–H and O–H groups in total. The Morgan fingerprint density at radius 2 is 0.765 bits per heavy atom. The van der Waals surface area contributed by atoms with Gasteiger partial charge in [0.2, 0.25) is 0 Å². The van der Waals surface area contributed by atoms with Crippen molar-refractivity contribution >= 4 is 23.9 Å². The van der Waals surface area contributed by atoms with Crippen molar-refractivity contribution in [3.63, 3.8) is 0 Å². The number of hydrogen-bond donors (Lipinski definition) is 3. The van der Waals surface area contributed by atoms with Crippen molar-refractivity contribution < 1.29 is 58.2 Å². The van der Waals surface area contributed by atoms with Crippen LogP contribution in [0.4, 0.5) is 0 Å². The lowest BCUT2D eigenvalue weighted by atomic mass is 9.98. The molecule has 81 heavy (non-hydrogen) atoms. The second kappa shape index (κ2) is 54.7. The number of unbranched alkanes of at least 4 members (excludes halogenated alkanes) is 6. The Labute approximate surface area is 487 Å². The average molecular weight is 1120 g/mol. The second-order valence-electron chi connectivity index (χ2n) is 19.5. The van der Waals surface area contributed by atoms with E-state index in [9.17, 15) is 34.5 Å². The zero-order valence-electron chi connectivity index (χ0n) is 49.4. The van der Waals surface area contributed by atoms with Gasteiger partial charge in [0.05, 0.1) is 6.61 Å². The van der Waals surface area contributed by atoms with Crippen LogP contribution in [0.2, 0.25) is 0 Å². The summed E-state index contributed by atoms with van der Waals surface area (Å²) in [7, 11) is 0. The molecule has 0 spiro atoms. The summed E-state index contributed by atoms with van der Waals surface area (Å²) in [6.07, 6.45) is 69.0. The van der Waals surface area contributed by atoms with E-state index < -0.39 is 67.3 Å². The Bertz CT molecular complexity index is 2060. The Kier molecular flexibility index (Phi) is 49.3. The van der Waals surface area contributed by atoms with Crippen LogP contribution in [-0.4, -0.2) is 89.2 Å². The zero-order chi connectivity index (χ0) is 58.9. The minimum atomic E-state index is -1.94. The van der Waals surface area contributed by atoms with Gasteiger partial charge in [-0.15, -0.1) is 0 Å². The number of carboxylic acid groups (broad SMARTS) is 1. The molecule has 450 valence electrons. The molecule has 0 aromatic carbocycles. The molecule has 0 amide bonds. The number of ether oxygens (including phenoxy) is 5. The normalized spacial score (nSPS) is 19.0. The number of allylic oxidation sites excluding steroid dienone is 28. The van der Waals surface area contributed by atoms with Crippen LogP contribution in [0.5, 0.6) is 0 Å². The number of esters is 3. The second-order valence-corrected chi connectivity index (χ2v) is 19.5. The summed E-state index contributed by atoms with van der Waals surface area (Å²) in [5.74, 6) is -3.35. The molecule has 0 aliphatic carbocycles. The Balaban J connectivity index is 2.80. The van der Waals surface area contributed by atoms with Crippen LogP contribution in [0.3, 0.4) is 0 Å². The summed E-state index contributed by atoms with van der Waals surface area (Å²) in [6.45, 7) is 5.52. The highest BCUT2D eigenvalue weighted by atomic mass is 16.7. The molecule has 1 rings (SSSR count). The van der Waals surface area contributed by atoms with Gasteiger partial charge >= 0.3 is 23.9 Å². The number of aliphatic hydroxyl groups is 2. The third-order valence-electron chi connectivity index (χ3n) is 12.3. The monoisotopic (exact) mass is 1120 g/mol. The van der Waals surface area contributed by atoms with E-state index in [0.29, 0.717) is 32.1 Å². The van der Waals surface area contributed by atoms with Crippen LogP contribution in [0.15, 0.2) is 170 Å². The highest BCUT2D eigenvalue weighted by molar-refractivity contribution is 5.74. The minimum Gasteiger partial charge on any atom is -0.479 e. The average Bonchev–Trinajstić information content (AvgIpc) is 3.53. The number of carbonyl (C=O) groups excluding carboxylic acids is 3. The predicted molar refractivity (Wildman–Crippen MR) is 330 cm³/mol. The van der Waals surface area contributed by atoms with Crippen LogP contribution < -0.4 is 0 Å². The first kappa shape index (κ1) is 73.1. The van der Waals surface area contributed by atoms with Crippen molar-refractivity contribution in [3.8, 4) is 0 Å². The van der Waals surface area contributed by atoms with Gasteiger partial charge in [0.1, 0.15) is 18.8 Å². The molecule has 0 radical (unpaired) electrons. The van der Waals surface area contributed by atoms with Crippen LogP contribution in [-0.2, 0) is 42.9 Å². The molecule has 1 aliphatic heterocycles. The summed E-state index contributed by atoms with van der Waals surface area (Å²) in [6, 6.07) is 0. The molecule has 12 nitrogen and oxygen atoms in total. The fourth-order valence-electron chi connectivity index (χ4n) is 7.78. The fraction of sp³-hybridized carbons (Fsp3) is 0.536. The van der Waals surface area contributed by atoms with Crippen LogP contribution in [0, 0.1) is 0 Å². The van der Waals surface area contributed by atoms with Crippen molar-refractivity contribution in [2.45, 2.75) is 225 Å². The molecule has 0 saturated carbocycles. The molecule has 1 heterocycles. The topological polar surface area (TPSA) is 175 Å². The fourth-order valence-corrected chi connectivity index (χ4v) is 7.78. The molecule has 6 unspecified atom stereocenters. The zero-order valence-corrected chi connectivity index (χ0v) is 49.4. The van der Waals surface area contributed by atoms with Crippen LogP contribution >= 0.6 is 0 Å². The van der Waals surface area contributed by atoms with Gasteiger partial charge in [0.15, 0.2) is 24.6 Å². The van der Waals surface area contributed by atoms with Crippen molar-refractivity contribution in [2.24, 2.45) is 0 Å². The van der Waals surface area contributed by atoms with E-state index in [-0.39, 0.29) is 25.9 Å². The summed E-state index contributed by atoms with van der Waals surface area (Å²) in [5, 5.41) is 31.5. The Morgan fingerprint density at radius 1 is 0.407 bits per heavy atom. The number of hydrogen-bond acceptors (Lipinski definition) is 11. The molecule has 1 aliphatic rings. The van der Waals surface area contributed by atoms with Crippen molar-refractivity contribution in [1.29, 1.82) is 0 Å². The van der Waals surface area contributed by atoms with Crippen LogP contribution in [0.25, 0.3) is 0 Å². The molecule has 1 saturated heterocycles. The molecule has 12 heteroatoms. The molecular formula is C69H102O12. The van der Waals surface area contributed by atoms with Gasteiger partial charge in [-0.25, -0.2) is 4.79 Å². The summed E-state index contributed by atoms with van der Waals surface area (Å²) >= 11 is 0. The lowest BCUT2D eigenvalue weighted by Crippen LogP contribution is -2.61. The first-order valence-corrected chi connectivity index (χ1v) is 30.1. The molecular weight excluding hydrogens is 1020 g/mol. The van der Waals surface area contributed by atoms with Gasteiger partial charge in [0, 0.05) is 19.3 Å². The molecule has 0 aromatic heterocycles. The van der Waals surface area contributed by atoms with E-state index in [2.05, 4.69) is 179 Å². The SMILES string of the molecule is CC/C=C\C/C=C\C/C=C\C/C=C\C/C=C\C/C=C\CCC(=O)OCC(COC1OC(C(=O)O)C(O)C(O)C1OC(=O)CCCC/C=C\C/C=C\C/C=C\C/C=C\CC)OC(=O)CCCCCC/C=C\C/C=C\C/C=C\C/C=C\CC. The Morgan fingerprint density at radius 3 is 1.19 bits per heavy atom. The lowest BCUT2D eigenvalue weighted by Gasteiger charge is -2.40. The highest BCUT2D eigenvalue weighted by Gasteiger charge is 2.50. The molecule has 6 atom stereocenters. The summed E-state index contributed by atoms with van der Waals surface area (Å²) in [5.41, 5.74) is 0. The molecule has 0 aromatic rings. The largest absolute Gasteiger partial charge is 0.479 e. The summed E-state index contributed by atoms with van der Waals surface area (Å²) in [4.78, 5) is 51.2. The van der Waals surface area contributed by atoms with E-state index in [1.807, 2.05) is 12.2 Å². The van der Waals surface area contributed by atoms with Crippen molar-refractivity contribution in [3.05, 3.63) is 170 Å². The molecule has 1 fully saturated rings. The minimum absolute atomic E-state index is 0.0128. The number of aliphatic hydroxyl groups excluding tert-OH is 2. The quantitative estimate of drug-likeness (QED) is 0.0228. The Hall–Kier alpha value is -5.92. The van der Waals surface area contributed by atoms with Crippen molar-refractivity contribution in [2.75, 3.05) is 13.2 Å². The first-order valence-electron chi connectivity index (χ1n) is 30.1. The maximum Gasteiger partial charge on any atom is 0.335 e. The van der Waals surface area contributed by atoms with E-state index in [1.165, 1.54) is 0 Å².